The molecule has 0 bridgehead atoms. The van der Waals surface area contributed by atoms with E-state index in [4.69, 9.17) is 14.2 Å². The van der Waals surface area contributed by atoms with Gasteiger partial charge in [-0.25, -0.2) is 0 Å². The number of unbranched alkanes of at least 4 members (excludes halogenated alkanes) is 58. The molecule has 0 rings (SSSR count). The highest BCUT2D eigenvalue weighted by molar-refractivity contribution is 5.71. The first-order valence-corrected chi connectivity index (χ1v) is 36.5. The molecule has 0 aliphatic carbocycles. The Labute approximate surface area is 495 Å². The lowest BCUT2D eigenvalue weighted by Crippen LogP contribution is -2.30. The zero-order valence-electron chi connectivity index (χ0n) is 54.2. The highest BCUT2D eigenvalue weighted by Gasteiger charge is 2.20. The van der Waals surface area contributed by atoms with E-state index in [1.165, 1.54) is 334 Å². The summed E-state index contributed by atoms with van der Waals surface area (Å²) in [5.41, 5.74) is 0. The van der Waals surface area contributed by atoms with E-state index in [1.54, 1.807) is 0 Å². The second-order valence-electron chi connectivity index (χ2n) is 25.2. The first-order chi connectivity index (χ1) is 39.0. The molecule has 0 aliphatic heterocycles. The monoisotopic (exact) mass is 1120 g/mol. The van der Waals surface area contributed by atoms with E-state index >= 15 is 0 Å². The molecule has 0 radical (unpaired) electrons. The van der Waals surface area contributed by atoms with Crippen molar-refractivity contribution in [2.75, 3.05) is 13.2 Å². The Balaban J connectivity index is 3.90. The van der Waals surface area contributed by atoms with Crippen molar-refractivity contribution in [1.82, 2.24) is 0 Å². The Morgan fingerprint density at radius 3 is 0.506 bits per heavy atom. The van der Waals surface area contributed by atoms with E-state index in [0.717, 1.165) is 57.8 Å². The van der Waals surface area contributed by atoms with Crippen LogP contribution in [0.15, 0.2) is 0 Å². The average molecular weight is 1120 g/mol. The smallest absolute Gasteiger partial charge is 0.306 e. The summed E-state index contributed by atoms with van der Waals surface area (Å²) in [5.74, 6) is -0.833. The van der Waals surface area contributed by atoms with E-state index in [-0.39, 0.29) is 31.1 Å². The van der Waals surface area contributed by atoms with Crippen LogP contribution in [0.1, 0.15) is 432 Å². The van der Waals surface area contributed by atoms with Crippen LogP contribution in [0.3, 0.4) is 0 Å². The summed E-state index contributed by atoms with van der Waals surface area (Å²) in [6, 6.07) is 0. The Morgan fingerprint density at radius 1 is 0.203 bits per heavy atom. The number of hydrogen-bond donors (Lipinski definition) is 0. The fraction of sp³-hybridized carbons (Fsp3) is 0.959. The lowest BCUT2D eigenvalue weighted by Gasteiger charge is -2.18. The Hall–Kier alpha value is -1.59. The minimum absolute atomic E-state index is 0.0613. The molecule has 0 saturated heterocycles. The van der Waals surface area contributed by atoms with Gasteiger partial charge in [-0.2, -0.15) is 0 Å². The van der Waals surface area contributed by atoms with Gasteiger partial charge < -0.3 is 14.2 Å². The molecule has 0 heterocycles. The summed E-state index contributed by atoms with van der Waals surface area (Å²) in [5, 5.41) is 0. The molecule has 0 aromatic rings. The molecular weight excluding hydrogens is 973 g/mol. The molecule has 0 spiro atoms. The highest BCUT2D eigenvalue weighted by Crippen LogP contribution is 2.20. The molecule has 6 heteroatoms. The van der Waals surface area contributed by atoms with E-state index in [9.17, 15) is 14.4 Å². The summed E-state index contributed by atoms with van der Waals surface area (Å²) >= 11 is 0. The predicted octanol–water partition coefficient (Wildman–Crippen LogP) is 25.0. The van der Waals surface area contributed by atoms with Gasteiger partial charge >= 0.3 is 17.9 Å². The van der Waals surface area contributed by atoms with Gasteiger partial charge in [-0.15, -0.1) is 0 Å². The normalized spacial score (nSPS) is 11.9. The first kappa shape index (κ1) is 77.4. The summed E-state index contributed by atoms with van der Waals surface area (Å²) < 4.78 is 16.9. The van der Waals surface area contributed by atoms with E-state index in [2.05, 4.69) is 20.8 Å². The van der Waals surface area contributed by atoms with E-state index in [0.29, 0.717) is 19.3 Å². The number of rotatable bonds is 69. The van der Waals surface area contributed by atoms with Crippen molar-refractivity contribution in [3.63, 3.8) is 0 Å². The lowest BCUT2D eigenvalue weighted by molar-refractivity contribution is -0.167. The fourth-order valence-corrected chi connectivity index (χ4v) is 11.6. The summed E-state index contributed by atoms with van der Waals surface area (Å²) in [4.78, 5) is 38.2. The third kappa shape index (κ3) is 67.1. The minimum atomic E-state index is -0.762. The number of esters is 3. The molecule has 1 unspecified atom stereocenters. The zero-order chi connectivity index (χ0) is 57.1. The standard InChI is InChI=1S/C73H142O6/c1-4-7-10-13-16-18-20-22-24-26-28-30-31-32-33-34-35-36-37-38-39-40-41-42-43-45-46-48-50-52-54-57-60-63-66-72(75)78-69-70(68-77-71(74)65-62-59-56-15-12-9-6-3)79-73(76)67-64-61-58-55-53-51-49-47-44-29-27-25-23-21-19-17-14-11-8-5-2/h70H,4-69H2,1-3H3. The van der Waals surface area contributed by atoms with Crippen molar-refractivity contribution in [2.24, 2.45) is 0 Å². The van der Waals surface area contributed by atoms with Crippen LogP contribution in [0, 0.1) is 0 Å². The van der Waals surface area contributed by atoms with Crippen LogP contribution in [0.4, 0.5) is 0 Å². The molecule has 0 aromatic heterocycles. The van der Waals surface area contributed by atoms with E-state index < -0.39 is 6.10 Å². The maximum Gasteiger partial charge on any atom is 0.306 e. The molecule has 79 heavy (non-hydrogen) atoms. The Morgan fingerprint density at radius 2 is 0.342 bits per heavy atom. The second-order valence-corrected chi connectivity index (χ2v) is 25.2. The van der Waals surface area contributed by atoms with Crippen molar-refractivity contribution in [2.45, 2.75) is 438 Å². The van der Waals surface area contributed by atoms with Gasteiger partial charge in [0.25, 0.3) is 0 Å². The number of carbonyl (C=O) groups excluding carboxylic acids is 3. The van der Waals surface area contributed by atoms with Crippen molar-refractivity contribution in [3.8, 4) is 0 Å². The van der Waals surface area contributed by atoms with Gasteiger partial charge in [-0.1, -0.05) is 393 Å². The summed E-state index contributed by atoms with van der Waals surface area (Å²) in [7, 11) is 0. The molecule has 0 fully saturated rings. The number of ether oxygens (including phenoxy) is 3. The molecule has 0 aromatic carbocycles. The maximum absolute atomic E-state index is 12.9. The zero-order valence-corrected chi connectivity index (χ0v) is 54.2. The molecule has 0 N–H and O–H groups in total. The quantitative estimate of drug-likeness (QED) is 0.0343. The van der Waals surface area contributed by atoms with Gasteiger partial charge in [0.1, 0.15) is 13.2 Å². The van der Waals surface area contributed by atoms with Crippen LogP contribution in [-0.4, -0.2) is 37.2 Å². The largest absolute Gasteiger partial charge is 0.462 e. The van der Waals surface area contributed by atoms with Gasteiger partial charge in [0.15, 0.2) is 6.10 Å². The topological polar surface area (TPSA) is 78.9 Å². The van der Waals surface area contributed by atoms with Gasteiger partial charge in [0, 0.05) is 19.3 Å². The average Bonchev–Trinajstić information content (AvgIpc) is 3.45. The molecule has 0 amide bonds. The van der Waals surface area contributed by atoms with Crippen molar-refractivity contribution in [1.29, 1.82) is 0 Å². The van der Waals surface area contributed by atoms with Gasteiger partial charge in [0.2, 0.25) is 0 Å². The lowest BCUT2D eigenvalue weighted by atomic mass is 10.0. The SMILES string of the molecule is CCCCCCCCCCCCCCCCCCCCCCCCCCCCCCCCCCCCC(=O)OCC(COC(=O)CCCCCCCCC)OC(=O)CCCCCCCCCCCCCCCCCCCCCC. The Kier molecular flexibility index (Phi) is 67.5. The predicted molar refractivity (Wildman–Crippen MR) is 344 cm³/mol. The van der Waals surface area contributed by atoms with Crippen LogP contribution in [-0.2, 0) is 28.6 Å². The van der Waals surface area contributed by atoms with Crippen LogP contribution in [0.2, 0.25) is 0 Å². The summed E-state index contributed by atoms with van der Waals surface area (Å²) in [6.45, 7) is 6.69. The second kappa shape index (κ2) is 68.9. The van der Waals surface area contributed by atoms with Crippen LogP contribution in [0.25, 0.3) is 0 Å². The molecular formula is C73H142O6. The molecule has 0 aliphatic rings. The summed E-state index contributed by atoms with van der Waals surface area (Å²) in [6.07, 6.45) is 81.9. The first-order valence-electron chi connectivity index (χ1n) is 36.5. The molecule has 6 nitrogen and oxygen atoms in total. The number of carbonyl (C=O) groups is 3. The molecule has 1 atom stereocenters. The third-order valence-electron chi connectivity index (χ3n) is 17.1. The van der Waals surface area contributed by atoms with Crippen LogP contribution >= 0.6 is 0 Å². The maximum atomic E-state index is 12.9. The Bertz CT molecular complexity index is 1190. The van der Waals surface area contributed by atoms with Crippen LogP contribution < -0.4 is 0 Å². The van der Waals surface area contributed by atoms with Crippen LogP contribution in [0.5, 0.6) is 0 Å². The van der Waals surface area contributed by atoms with Gasteiger partial charge in [-0.05, 0) is 19.3 Å². The highest BCUT2D eigenvalue weighted by atomic mass is 16.6. The molecule has 470 valence electrons. The number of hydrogen-bond acceptors (Lipinski definition) is 6. The molecule has 0 saturated carbocycles. The third-order valence-corrected chi connectivity index (χ3v) is 17.1. The van der Waals surface area contributed by atoms with Gasteiger partial charge in [-0.3, -0.25) is 14.4 Å². The minimum Gasteiger partial charge on any atom is -0.462 e. The van der Waals surface area contributed by atoms with E-state index in [1.807, 2.05) is 0 Å². The van der Waals surface area contributed by atoms with Crippen molar-refractivity contribution in [3.05, 3.63) is 0 Å². The van der Waals surface area contributed by atoms with Crippen molar-refractivity contribution >= 4 is 17.9 Å². The van der Waals surface area contributed by atoms with Gasteiger partial charge in [0.05, 0.1) is 0 Å². The fourth-order valence-electron chi connectivity index (χ4n) is 11.6. The van der Waals surface area contributed by atoms with Crippen molar-refractivity contribution < 1.29 is 28.6 Å².